The fourth-order valence-electron chi connectivity index (χ4n) is 2.92. The lowest BCUT2D eigenvalue weighted by atomic mass is 9.95. The first-order valence-corrected chi connectivity index (χ1v) is 9.33. The second-order valence-corrected chi connectivity index (χ2v) is 7.30. The Balaban J connectivity index is 1.82. The van der Waals surface area contributed by atoms with Crippen molar-refractivity contribution in [2.45, 2.75) is 19.9 Å². The second-order valence-electron chi connectivity index (χ2n) is 6.45. The van der Waals surface area contributed by atoms with Gasteiger partial charge in [0.2, 0.25) is 0 Å². The Kier molecular flexibility index (Phi) is 5.71. The zero-order valence-corrected chi connectivity index (χ0v) is 16.6. The number of carbonyl (C=O) groups excluding carboxylic acids is 1. The van der Waals surface area contributed by atoms with E-state index < -0.39 is 0 Å². The number of carbonyl (C=O) groups is 1. The molecule has 0 aromatic heterocycles. The molecular weight excluding hydrogens is 398 g/mol. The Morgan fingerprint density at radius 3 is 2.50 bits per heavy atom. The molecule has 1 heterocycles. The normalized spacial score (nSPS) is 14.0. The van der Waals surface area contributed by atoms with Crippen molar-refractivity contribution in [3.63, 3.8) is 0 Å². The minimum atomic E-state index is -0.140. The third-order valence-electron chi connectivity index (χ3n) is 4.29. The van der Waals surface area contributed by atoms with Crippen LogP contribution in [-0.4, -0.2) is 26.2 Å². The van der Waals surface area contributed by atoms with Crippen LogP contribution in [0.3, 0.4) is 0 Å². The molecule has 2 aromatic rings. The molecule has 6 heteroatoms. The summed E-state index contributed by atoms with van der Waals surface area (Å²) in [5.74, 6) is 2.23. The van der Waals surface area contributed by atoms with Crippen molar-refractivity contribution < 1.29 is 19.0 Å². The first kappa shape index (κ1) is 18.6. The standard InChI is InChI=1S/C20H22BrNO4/c1-12(2)19(13-4-7-17-18(11-13)26-9-8-25-17)22-20(23)14-5-6-16(24-3)15(21)10-14/h4-7,10-12,19H,8-9H2,1-3H3,(H,22,23)/t19-/m1/s1. The molecule has 26 heavy (non-hydrogen) atoms. The summed E-state index contributed by atoms with van der Waals surface area (Å²) >= 11 is 3.42. The summed E-state index contributed by atoms with van der Waals surface area (Å²) in [5.41, 5.74) is 1.56. The first-order chi connectivity index (χ1) is 12.5. The average molecular weight is 420 g/mol. The lowest BCUT2D eigenvalue weighted by Gasteiger charge is -2.25. The van der Waals surface area contributed by atoms with E-state index in [4.69, 9.17) is 14.2 Å². The van der Waals surface area contributed by atoms with Crippen molar-refractivity contribution in [3.05, 3.63) is 52.0 Å². The summed E-state index contributed by atoms with van der Waals surface area (Å²) in [5, 5.41) is 3.12. The zero-order valence-electron chi connectivity index (χ0n) is 15.0. The molecule has 0 spiro atoms. The maximum atomic E-state index is 12.7. The molecule has 1 aliphatic rings. The van der Waals surface area contributed by atoms with E-state index >= 15 is 0 Å². The Bertz CT molecular complexity index is 806. The van der Waals surface area contributed by atoms with Crippen molar-refractivity contribution in [1.82, 2.24) is 5.32 Å². The van der Waals surface area contributed by atoms with Gasteiger partial charge in [-0.1, -0.05) is 19.9 Å². The molecule has 138 valence electrons. The van der Waals surface area contributed by atoms with E-state index in [1.165, 1.54) is 0 Å². The maximum Gasteiger partial charge on any atom is 0.251 e. The molecule has 0 bridgehead atoms. The SMILES string of the molecule is COc1ccc(C(=O)N[C@@H](c2ccc3c(c2)OCCO3)C(C)C)cc1Br. The van der Waals surface area contributed by atoms with E-state index in [-0.39, 0.29) is 17.9 Å². The van der Waals surface area contributed by atoms with Crippen LogP contribution in [0, 0.1) is 5.92 Å². The maximum absolute atomic E-state index is 12.7. The van der Waals surface area contributed by atoms with E-state index in [1.807, 2.05) is 18.2 Å². The molecule has 2 aromatic carbocycles. The third-order valence-corrected chi connectivity index (χ3v) is 4.91. The summed E-state index contributed by atoms with van der Waals surface area (Å²) in [6, 6.07) is 11.0. The van der Waals surface area contributed by atoms with Gasteiger partial charge in [0.05, 0.1) is 17.6 Å². The van der Waals surface area contributed by atoms with Crippen LogP contribution in [-0.2, 0) is 0 Å². The number of hydrogen-bond donors (Lipinski definition) is 1. The molecule has 5 nitrogen and oxygen atoms in total. The first-order valence-electron chi connectivity index (χ1n) is 8.53. The fourth-order valence-corrected chi connectivity index (χ4v) is 3.46. The molecule has 1 aliphatic heterocycles. The van der Waals surface area contributed by atoms with Crippen LogP contribution < -0.4 is 19.5 Å². The van der Waals surface area contributed by atoms with Gasteiger partial charge in [-0.05, 0) is 57.7 Å². The largest absolute Gasteiger partial charge is 0.496 e. The number of methoxy groups -OCH3 is 1. The van der Waals surface area contributed by atoms with Crippen LogP contribution in [0.15, 0.2) is 40.9 Å². The van der Waals surface area contributed by atoms with Gasteiger partial charge in [-0.25, -0.2) is 0 Å². The van der Waals surface area contributed by atoms with Crippen molar-refractivity contribution in [2.24, 2.45) is 5.92 Å². The summed E-state index contributed by atoms with van der Waals surface area (Å²) in [6.07, 6.45) is 0. The van der Waals surface area contributed by atoms with Crippen LogP contribution in [0.1, 0.15) is 35.8 Å². The summed E-state index contributed by atoms with van der Waals surface area (Å²) < 4.78 is 17.2. The highest BCUT2D eigenvalue weighted by atomic mass is 79.9. The van der Waals surface area contributed by atoms with Gasteiger partial charge in [0.1, 0.15) is 19.0 Å². The van der Waals surface area contributed by atoms with Crippen molar-refractivity contribution >= 4 is 21.8 Å². The van der Waals surface area contributed by atoms with E-state index in [2.05, 4.69) is 35.1 Å². The lowest BCUT2D eigenvalue weighted by molar-refractivity contribution is 0.0925. The van der Waals surface area contributed by atoms with E-state index in [0.29, 0.717) is 24.5 Å². The number of hydrogen-bond acceptors (Lipinski definition) is 4. The van der Waals surface area contributed by atoms with Crippen molar-refractivity contribution in [1.29, 1.82) is 0 Å². The molecule has 1 amide bonds. The quantitative estimate of drug-likeness (QED) is 0.781. The van der Waals surface area contributed by atoms with Gasteiger partial charge in [0.15, 0.2) is 11.5 Å². The minimum Gasteiger partial charge on any atom is -0.496 e. The van der Waals surface area contributed by atoms with Gasteiger partial charge in [0, 0.05) is 5.56 Å². The highest BCUT2D eigenvalue weighted by Crippen LogP contribution is 2.34. The van der Waals surface area contributed by atoms with Crippen LogP contribution in [0.5, 0.6) is 17.2 Å². The number of rotatable bonds is 5. The highest BCUT2D eigenvalue weighted by molar-refractivity contribution is 9.10. The third kappa shape index (κ3) is 3.96. The van der Waals surface area contributed by atoms with Gasteiger partial charge in [0.25, 0.3) is 5.91 Å². The zero-order chi connectivity index (χ0) is 18.7. The Morgan fingerprint density at radius 2 is 1.85 bits per heavy atom. The second kappa shape index (κ2) is 7.99. The Labute approximate surface area is 161 Å². The molecule has 1 atom stereocenters. The van der Waals surface area contributed by atoms with Gasteiger partial charge in [-0.2, -0.15) is 0 Å². The number of halogens is 1. The monoisotopic (exact) mass is 419 g/mol. The van der Waals surface area contributed by atoms with Crippen LogP contribution in [0.25, 0.3) is 0 Å². The van der Waals surface area contributed by atoms with E-state index in [9.17, 15) is 4.79 Å². The smallest absolute Gasteiger partial charge is 0.251 e. The summed E-state index contributed by atoms with van der Waals surface area (Å²) in [6.45, 7) is 5.25. The molecule has 0 fully saturated rings. The topological polar surface area (TPSA) is 56.8 Å². The molecule has 0 aliphatic carbocycles. The molecule has 0 radical (unpaired) electrons. The number of amides is 1. The van der Waals surface area contributed by atoms with Crippen LogP contribution in [0.2, 0.25) is 0 Å². The van der Waals surface area contributed by atoms with Gasteiger partial charge in [-0.3, -0.25) is 4.79 Å². The number of benzene rings is 2. The molecule has 0 saturated carbocycles. The average Bonchev–Trinajstić information content (AvgIpc) is 2.65. The summed E-state index contributed by atoms with van der Waals surface area (Å²) in [4.78, 5) is 12.7. The Hall–Kier alpha value is -2.21. The molecule has 0 unspecified atom stereocenters. The number of ether oxygens (including phenoxy) is 3. The summed E-state index contributed by atoms with van der Waals surface area (Å²) in [7, 11) is 1.59. The number of nitrogens with one attached hydrogen (secondary N) is 1. The van der Waals surface area contributed by atoms with Gasteiger partial charge in [-0.15, -0.1) is 0 Å². The van der Waals surface area contributed by atoms with E-state index in [1.54, 1.807) is 25.3 Å². The van der Waals surface area contributed by atoms with Gasteiger partial charge >= 0.3 is 0 Å². The van der Waals surface area contributed by atoms with Gasteiger partial charge < -0.3 is 19.5 Å². The minimum absolute atomic E-state index is 0.137. The molecular formula is C20H22BrNO4. The molecule has 0 saturated heterocycles. The lowest BCUT2D eigenvalue weighted by Crippen LogP contribution is -2.32. The van der Waals surface area contributed by atoms with E-state index in [0.717, 1.165) is 21.5 Å². The van der Waals surface area contributed by atoms with Crippen molar-refractivity contribution in [3.8, 4) is 17.2 Å². The predicted octanol–water partition coefficient (Wildman–Crippen LogP) is 4.36. The molecule has 1 N–H and O–H groups in total. The Morgan fingerprint density at radius 1 is 1.12 bits per heavy atom. The molecule has 3 rings (SSSR count). The highest BCUT2D eigenvalue weighted by Gasteiger charge is 2.22. The van der Waals surface area contributed by atoms with Crippen molar-refractivity contribution in [2.75, 3.05) is 20.3 Å². The number of fused-ring (bicyclic) bond motifs is 1. The van der Waals surface area contributed by atoms with Crippen LogP contribution >= 0.6 is 15.9 Å². The fraction of sp³-hybridized carbons (Fsp3) is 0.350. The van der Waals surface area contributed by atoms with Crippen LogP contribution in [0.4, 0.5) is 0 Å². The predicted molar refractivity (Wildman–Crippen MR) is 103 cm³/mol.